The van der Waals surface area contributed by atoms with Gasteiger partial charge in [-0.05, 0) is 17.4 Å². The minimum Gasteiger partial charge on any atom is -0.348 e. The first-order chi connectivity index (χ1) is 7.68. The molecule has 2 rings (SSSR count). The van der Waals surface area contributed by atoms with Gasteiger partial charge in [-0.15, -0.1) is 11.3 Å². The van der Waals surface area contributed by atoms with Crippen molar-refractivity contribution in [3.8, 4) is 0 Å². The monoisotopic (exact) mass is 235 g/mol. The van der Waals surface area contributed by atoms with Gasteiger partial charge in [-0.2, -0.15) is 0 Å². The van der Waals surface area contributed by atoms with Gasteiger partial charge < -0.3 is 9.88 Å². The van der Waals surface area contributed by atoms with Crippen LogP contribution in [0.1, 0.15) is 24.8 Å². The SMILES string of the molecule is CC(C)C(Nc1nccn1C)c1cccs1. The second kappa shape index (κ2) is 4.70. The molecule has 4 heteroatoms. The number of aryl methyl sites for hydroxylation is 1. The van der Waals surface area contributed by atoms with Gasteiger partial charge in [0.2, 0.25) is 5.95 Å². The fourth-order valence-electron chi connectivity index (χ4n) is 1.68. The van der Waals surface area contributed by atoms with Gasteiger partial charge >= 0.3 is 0 Å². The summed E-state index contributed by atoms with van der Waals surface area (Å²) in [5.74, 6) is 1.46. The quantitative estimate of drug-likeness (QED) is 0.881. The summed E-state index contributed by atoms with van der Waals surface area (Å²) in [6.07, 6.45) is 3.77. The Bertz CT molecular complexity index is 431. The van der Waals surface area contributed by atoms with Crippen molar-refractivity contribution in [3.05, 3.63) is 34.8 Å². The lowest BCUT2D eigenvalue weighted by molar-refractivity contribution is 0.547. The van der Waals surface area contributed by atoms with E-state index in [1.54, 1.807) is 11.3 Å². The maximum atomic E-state index is 4.30. The third-order valence-corrected chi connectivity index (χ3v) is 3.58. The highest BCUT2D eigenvalue weighted by Gasteiger charge is 2.17. The maximum absolute atomic E-state index is 4.30. The van der Waals surface area contributed by atoms with E-state index in [1.807, 2.05) is 24.0 Å². The number of hydrogen-bond donors (Lipinski definition) is 1. The molecule has 0 bridgehead atoms. The lowest BCUT2D eigenvalue weighted by Crippen LogP contribution is -2.17. The second-order valence-corrected chi connectivity index (χ2v) is 5.22. The first-order valence-electron chi connectivity index (χ1n) is 5.45. The van der Waals surface area contributed by atoms with Crippen LogP contribution >= 0.6 is 11.3 Å². The topological polar surface area (TPSA) is 29.9 Å². The summed E-state index contributed by atoms with van der Waals surface area (Å²) in [6.45, 7) is 4.45. The van der Waals surface area contributed by atoms with Crippen LogP contribution in [-0.4, -0.2) is 9.55 Å². The lowest BCUT2D eigenvalue weighted by atomic mass is 10.0. The van der Waals surface area contributed by atoms with E-state index >= 15 is 0 Å². The molecule has 0 radical (unpaired) electrons. The van der Waals surface area contributed by atoms with Crippen molar-refractivity contribution in [1.82, 2.24) is 9.55 Å². The molecule has 0 amide bonds. The van der Waals surface area contributed by atoms with E-state index in [0.717, 1.165) is 5.95 Å². The molecule has 0 saturated carbocycles. The summed E-state index contributed by atoms with van der Waals surface area (Å²) in [7, 11) is 2.00. The Balaban J connectivity index is 2.19. The number of aromatic nitrogens is 2. The highest BCUT2D eigenvalue weighted by Crippen LogP contribution is 2.28. The van der Waals surface area contributed by atoms with Crippen molar-refractivity contribution >= 4 is 17.3 Å². The molecule has 2 heterocycles. The van der Waals surface area contributed by atoms with Gasteiger partial charge in [0.25, 0.3) is 0 Å². The molecule has 86 valence electrons. The predicted octanol–water partition coefficient (Wildman–Crippen LogP) is 3.29. The normalized spacial score (nSPS) is 13.0. The average Bonchev–Trinajstić information content (AvgIpc) is 2.85. The summed E-state index contributed by atoms with van der Waals surface area (Å²) >= 11 is 1.79. The van der Waals surface area contributed by atoms with E-state index in [4.69, 9.17) is 0 Å². The minimum atomic E-state index is 0.334. The fourth-order valence-corrected chi connectivity index (χ4v) is 2.63. The second-order valence-electron chi connectivity index (χ2n) is 4.24. The zero-order valence-electron chi connectivity index (χ0n) is 9.84. The largest absolute Gasteiger partial charge is 0.348 e. The van der Waals surface area contributed by atoms with Crippen LogP contribution in [0.15, 0.2) is 29.9 Å². The van der Waals surface area contributed by atoms with E-state index in [9.17, 15) is 0 Å². The van der Waals surface area contributed by atoms with Crippen LogP contribution in [0.25, 0.3) is 0 Å². The van der Waals surface area contributed by atoms with Gasteiger partial charge in [-0.1, -0.05) is 19.9 Å². The molecule has 0 aliphatic carbocycles. The van der Waals surface area contributed by atoms with Gasteiger partial charge in [0.1, 0.15) is 0 Å². The molecule has 1 unspecified atom stereocenters. The Hall–Kier alpha value is -1.29. The van der Waals surface area contributed by atoms with Gasteiger partial charge in [0, 0.05) is 24.3 Å². The van der Waals surface area contributed by atoms with E-state index in [2.05, 4.69) is 41.7 Å². The Labute approximate surface area is 100 Å². The molecule has 0 saturated heterocycles. The molecule has 0 aromatic carbocycles. The van der Waals surface area contributed by atoms with Crippen molar-refractivity contribution < 1.29 is 0 Å². The Kier molecular flexibility index (Phi) is 3.29. The van der Waals surface area contributed by atoms with Crippen molar-refractivity contribution in [2.75, 3.05) is 5.32 Å². The molecule has 2 aromatic heterocycles. The molecule has 0 fully saturated rings. The molecule has 1 atom stereocenters. The van der Waals surface area contributed by atoms with Gasteiger partial charge in [0.05, 0.1) is 6.04 Å². The van der Waals surface area contributed by atoms with Crippen LogP contribution in [0.2, 0.25) is 0 Å². The molecule has 3 nitrogen and oxygen atoms in total. The molecule has 0 spiro atoms. The number of nitrogens with one attached hydrogen (secondary N) is 1. The fraction of sp³-hybridized carbons (Fsp3) is 0.417. The maximum Gasteiger partial charge on any atom is 0.203 e. The summed E-state index contributed by atoms with van der Waals surface area (Å²) in [5.41, 5.74) is 0. The van der Waals surface area contributed by atoms with Gasteiger partial charge in [-0.25, -0.2) is 4.98 Å². The third-order valence-electron chi connectivity index (χ3n) is 2.62. The van der Waals surface area contributed by atoms with Crippen molar-refractivity contribution in [1.29, 1.82) is 0 Å². The van der Waals surface area contributed by atoms with Crippen molar-refractivity contribution in [3.63, 3.8) is 0 Å². The zero-order valence-corrected chi connectivity index (χ0v) is 10.7. The molecule has 16 heavy (non-hydrogen) atoms. The van der Waals surface area contributed by atoms with Crippen LogP contribution in [-0.2, 0) is 7.05 Å². The van der Waals surface area contributed by atoms with Crippen LogP contribution in [0.3, 0.4) is 0 Å². The van der Waals surface area contributed by atoms with E-state index in [-0.39, 0.29) is 0 Å². The highest BCUT2D eigenvalue weighted by atomic mass is 32.1. The molecule has 0 aliphatic rings. The van der Waals surface area contributed by atoms with Crippen LogP contribution < -0.4 is 5.32 Å². The standard InChI is InChI=1S/C12H17N3S/c1-9(2)11(10-5-4-8-16-10)14-12-13-6-7-15(12)3/h4-9,11H,1-3H3,(H,13,14). The number of anilines is 1. The number of imidazole rings is 1. The molecular formula is C12H17N3S. The summed E-state index contributed by atoms with van der Waals surface area (Å²) in [4.78, 5) is 5.66. The lowest BCUT2D eigenvalue weighted by Gasteiger charge is -2.21. The predicted molar refractivity (Wildman–Crippen MR) is 68.7 cm³/mol. The Morgan fingerprint density at radius 3 is 2.75 bits per heavy atom. The first-order valence-corrected chi connectivity index (χ1v) is 6.33. The zero-order chi connectivity index (χ0) is 11.5. The van der Waals surface area contributed by atoms with Crippen LogP contribution in [0, 0.1) is 5.92 Å². The smallest absolute Gasteiger partial charge is 0.203 e. The van der Waals surface area contributed by atoms with Crippen LogP contribution in [0.5, 0.6) is 0 Å². The van der Waals surface area contributed by atoms with E-state index < -0.39 is 0 Å². The number of thiophene rings is 1. The summed E-state index contributed by atoms with van der Waals surface area (Å²) in [6, 6.07) is 4.60. The minimum absolute atomic E-state index is 0.334. The summed E-state index contributed by atoms with van der Waals surface area (Å²) in [5, 5.41) is 5.61. The number of nitrogens with zero attached hydrogens (tertiary/aromatic N) is 2. The Morgan fingerprint density at radius 2 is 2.25 bits per heavy atom. The molecule has 1 N–H and O–H groups in total. The van der Waals surface area contributed by atoms with E-state index in [0.29, 0.717) is 12.0 Å². The van der Waals surface area contributed by atoms with Crippen molar-refractivity contribution in [2.24, 2.45) is 13.0 Å². The van der Waals surface area contributed by atoms with Gasteiger partial charge in [-0.3, -0.25) is 0 Å². The van der Waals surface area contributed by atoms with Crippen LogP contribution in [0.4, 0.5) is 5.95 Å². The number of hydrogen-bond acceptors (Lipinski definition) is 3. The summed E-state index contributed by atoms with van der Waals surface area (Å²) < 4.78 is 2.00. The molecular weight excluding hydrogens is 218 g/mol. The number of rotatable bonds is 4. The molecule has 2 aromatic rings. The first kappa shape index (κ1) is 11.2. The highest BCUT2D eigenvalue weighted by molar-refractivity contribution is 7.10. The van der Waals surface area contributed by atoms with Crippen molar-refractivity contribution in [2.45, 2.75) is 19.9 Å². The van der Waals surface area contributed by atoms with Gasteiger partial charge in [0.15, 0.2) is 0 Å². The Morgan fingerprint density at radius 1 is 1.44 bits per heavy atom. The third kappa shape index (κ3) is 2.27. The average molecular weight is 235 g/mol. The van der Waals surface area contributed by atoms with E-state index in [1.165, 1.54) is 4.88 Å². The molecule has 0 aliphatic heterocycles.